The molecular weight excluding hydrogens is 324 g/mol. The maximum absolute atomic E-state index is 12.9. The Labute approximate surface area is 151 Å². The summed E-state index contributed by atoms with van der Waals surface area (Å²) in [6.45, 7) is 5.52. The zero-order chi connectivity index (χ0) is 16.3. The van der Waals surface area contributed by atoms with Crippen LogP contribution in [-0.2, 0) is 14.9 Å². The predicted molar refractivity (Wildman–Crippen MR) is 98.8 cm³/mol. The summed E-state index contributed by atoms with van der Waals surface area (Å²) in [6, 6.07) is 8.38. The first-order valence-electron chi connectivity index (χ1n) is 8.65. The minimum Gasteiger partial charge on any atom is -0.384 e. The van der Waals surface area contributed by atoms with Crippen LogP contribution >= 0.6 is 12.4 Å². The molecule has 0 unspecified atom stereocenters. The van der Waals surface area contributed by atoms with Crippen molar-refractivity contribution < 1.29 is 9.53 Å². The molecule has 5 heteroatoms. The van der Waals surface area contributed by atoms with E-state index in [2.05, 4.69) is 41.8 Å². The van der Waals surface area contributed by atoms with Crippen molar-refractivity contribution in [1.82, 2.24) is 10.6 Å². The number of nitrogens with one attached hydrogen (secondary N) is 2. The lowest BCUT2D eigenvalue weighted by molar-refractivity contribution is -0.124. The van der Waals surface area contributed by atoms with E-state index in [4.69, 9.17) is 4.74 Å². The van der Waals surface area contributed by atoms with Crippen LogP contribution in [0, 0.1) is 12.3 Å². The van der Waals surface area contributed by atoms with E-state index in [0.29, 0.717) is 6.61 Å². The maximum atomic E-state index is 12.9. The van der Waals surface area contributed by atoms with Crippen molar-refractivity contribution in [3.63, 3.8) is 0 Å². The Balaban J connectivity index is 0.00000208. The summed E-state index contributed by atoms with van der Waals surface area (Å²) in [5.74, 6) is 0.192. The number of hydrogen-bond donors (Lipinski definition) is 2. The fraction of sp³-hybridized carbons (Fsp3) is 0.632. The minimum atomic E-state index is -0.285. The van der Waals surface area contributed by atoms with Crippen LogP contribution in [0.3, 0.4) is 0 Å². The summed E-state index contributed by atoms with van der Waals surface area (Å²) in [6.07, 6.45) is 4.03. The number of carbonyl (C=O) groups is 1. The number of halogens is 1. The molecule has 1 saturated heterocycles. The number of methoxy groups -OCH3 is 1. The van der Waals surface area contributed by atoms with E-state index >= 15 is 0 Å². The van der Waals surface area contributed by atoms with Gasteiger partial charge in [-0.2, -0.15) is 0 Å². The molecule has 1 amide bonds. The van der Waals surface area contributed by atoms with Crippen molar-refractivity contribution in [2.24, 2.45) is 5.41 Å². The van der Waals surface area contributed by atoms with Crippen molar-refractivity contribution in [2.75, 3.05) is 33.4 Å². The third kappa shape index (κ3) is 3.93. The molecule has 0 spiro atoms. The van der Waals surface area contributed by atoms with E-state index in [1.54, 1.807) is 7.11 Å². The number of ether oxygens (including phenoxy) is 1. The molecule has 0 bridgehead atoms. The van der Waals surface area contributed by atoms with Gasteiger partial charge in [0.2, 0.25) is 5.91 Å². The number of hydrogen-bond acceptors (Lipinski definition) is 3. The first-order valence-corrected chi connectivity index (χ1v) is 8.65. The van der Waals surface area contributed by atoms with Gasteiger partial charge in [-0.15, -0.1) is 12.4 Å². The van der Waals surface area contributed by atoms with Gasteiger partial charge in [-0.1, -0.05) is 29.8 Å². The monoisotopic (exact) mass is 352 g/mol. The van der Waals surface area contributed by atoms with E-state index in [-0.39, 0.29) is 29.1 Å². The molecule has 2 aliphatic rings. The van der Waals surface area contributed by atoms with Crippen LogP contribution in [0.4, 0.5) is 0 Å². The predicted octanol–water partition coefficient (Wildman–Crippen LogP) is 2.58. The van der Waals surface area contributed by atoms with Gasteiger partial charge in [0.15, 0.2) is 0 Å². The summed E-state index contributed by atoms with van der Waals surface area (Å²) < 4.78 is 5.44. The largest absolute Gasteiger partial charge is 0.384 e. The lowest BCUT2D eigenvalue weighted by atomic mass is 9.79. The SMILES string of the molecule is COCC1(CNC(=O)C2(c3cccc(C)c3)CC2)CCNCC1.Cl. The zero-order valence-electron chi connectivity index (χ0n) is 14.7. The van der Waals surface area contributed by atoms with E-state index in [0.717, 1.165) is 45.3 Å². The number of amides is 1. The number of carbonyl (C=O) groups excluding carboxylic acids is 1. The number of aryl methyl sites for hydroxylation is 1. The summed E-state index contributed by atoms with van der Waals surface area (Å²) in [5.41, 5.74) is 2.18. The molecule has 134 valence electrons. The minimum absolute atomic E-state index is 0. The average Bonchev–Trinajstić information content (AvgIpc) is 3.36. The van der Waals surface area contributed by atoms with Crippen LogP contribution < -0.4 is 10.6 Å². The molecule has 4 nitrogen and oxygen atoms in total. The lowest BCUT2D eigenvalue weighted by Gasteiger charge is -2.37. The molecule has 0 radical (unpaired) electrons. The molecule has 1 aromatic rings. The Bertz CT molecular complexity index is 561. The van der Waals surface area contributed by atoms with Gasteiger partial charge in [-0.05, 0) is 51.3 Å². The van der Waals surface area contributed by atoms with Gasteiger partial charge in [0.1, 0.15) is 0 Å². The smallest absolute Gasteiger partial charge is 0.230 e. The number of rotatable bonds is 6. The Morgan fingerprint density at radius 1 is 1.25 bits per heavy atom. The van der Waals surface area contributed by atoms with Gasteiger partial charge in [0.25, 0.3) is 0 Å². The van der Waals surface area contributed by atoms with Crippen molar-refractivity contribution in [3.05, 3.63) is 35.4 Å². The summed E-state index contributed by atoms with van der Waals surface area (Å²) >= 11 is 0. The molecule has 1 heterocycles. The van der Waals surface area contributed by atoms with Gasteiger partial charge in [0, 0.05) is 19.1 Å². The fourth-order valence-electron chi connectivity index (χ4n) is 3.79. The average molecular weight is 353 g/mol. The number of benzene rings is 1. The van der Waals surface area contributed by atoms with Crippen LogP contribution in [-0.4, -0.2) is 39.3 Å². The third-order valence-corrected chi connectivity index (χ3v) is 5.49. The zero-order valence-corrected chi connectivity index (χ0v) is 15.5. The molecular formula is C19H29ClN2O2. The van der Waals surface area contributed by atoms with E-state index < -0.39 is 0 Å². The second-order valence-electron chi connectivity index (χ2n) is 7.32. The first-order chi connectivity index (χ1) is 11.1. The Kier molecular flexibility index (Phi) is 6.29. The summed E-state index contributed by atoms with van der Waals surface area (Å²) in [5, 5.41) is 6.64. The second kappa shape index (κ2) is 7.85. The summed E-state index contributed by atoms with van der Waals surface area (Å²) in [4.78, 5) is 12.9. The lowest BCUT2D eigenvalue weighted by Crippen LogP contribution is -2.49. The molecule has 0 atom stereocenters. The van der Waals surface area contributed by atoms with Crippen LogP contribution in [0.2, 0.25) is 0 Å². The Morgan fingerprint density at radius 2 is 1.96 bits per heavy atom. The fourth-order valence-corrected chi connectivity index (χ4v) is 3.79. The molecule has 1 aliphatic heterocycles. The maximum Gasteiger partial charge on any atom is 0.230 e. The second-order valence-corrected chi connectivity index (χ2v) is 7.32. The van der Waals surface area contributed by atoms with Gasteiger partial charge >= 0.3 is 0 Å². The molecule has 1 aliphatic carbocycles. The Morgan fingerprint density at radius 3 is 2.54 bits per heavy atom. The molecule has 0 aromatic heterocycles. The van der Waals surface area contributed by atoms with Crippen molar-refractivity contribution in [3.8, 4) is 0 Å². The molecule has 1 saturated carbocycles. The van der Waals surface area contributed by atoms with Crippen LogP contribution in [0.5, 0.6) is 0 Å². The molecule has 2 N–H and O–H groups in total. The normalized spacial score (nSPS) is 20.8. The third-order valence-electron chi connectivity index (χ3n) is 5.49. The van der Waals surface area contributed by atoms with Crippen LogP contribution in [0.1, 0.15) is 36.8 Å². The molecule has 3 rings (SSSR count). The molecule has 24 heavy (non-hydrogen) atoms. The van der Waals surface area contributed by atoms with Gasteiger partial charge in [-0.25, -0.2) is 0 Å². The molecule has 1 aromatic carbocycles. The highest BCUT2D eigenvalue weighted by Crippen LogP contribution is 2.48. The highest BCUT2D eigenvalue weighted by molar-refractivity contribution is 5.91. The quantitative estimate of drug-likeness (QED) is 0.827. The van der Waals surface area contributed by atoms with Crippen molar-refractivity contribution in [2.45, 2.75) is 38.0 Å². The highest BCUT2D eigenvalue weighted by atomic mass is 35.5. The molecule has 2 fully saturated rings. The first kappa shape index (κ1) is 19.2. The van der Waals surface area contributed by atoms with E-state index in [1.165, 1.54) is 11.1 Å². The van der Waals surface area contributed by atoms with Crippen LogP contribution in [0.25, 0.3) is 0 Å². The summed E-state index contributed by atoms with van der Waals surface area (Å²) in [7, 11) is 1.75. The topological polar surface area (TPSA) is 50.4 Å². The van der Waals surface area contributed by atoms with Gasteiger partial charge in [0.05, 0.1) is 12.0 Å². The highest BCUT2D eigenvalue weighted by Gasteiger charge is 2.51. The standard InChI is InChI=1S/C19H28N2O2.ClH/c1-15-4-3-5-16(12-15)19(6-7-19)17(22)21-13-18(14-23-2)8-10-20-11-9-18;/h3-5,12,20H,6-11,13-14H2,1-2H3,(H,21,22);1H. The van der Waals surface area contributed by atoms with Gasteiger partial charge in [-0.3, -0.25) is 4.79 Å². The van der Waals surface area contributed by atoms with E-state index in [1.807, 2.05) is 0 Å². The number of piperidine rings is 1. The van der Waals surface area contributed by atoms with Crippen LogP contribution in [0.15, 0.2) is 24.3 Å². The van der Waals surface area contributed by atoms with Crippen molar-refractivity contribution in [1.29, 1.82) is 0 Å². The van der Waals surface area contributed by atoms with Crippen molar-refractivity contribution >= 4 is 18.3 Å². The Hall–Kier alpha value is -1.10. The van der Waals surface area contributed by atoms with E-state index in [9.17, 15) is 4.79 Å². The van der Waals surface area contributed by atoms with Gasteiger partial charge < -0.3 is 15.4 Å².